The molecular formula is C12H11N3O2. The van der Waals surface area contributed by atoms with Crippen LogP contribution in [0.25, 0.3) is 0 Å². The molecule has 1 N–H and O–H groups in total. The fourth-order valence-electron chi connectivity index (χ4n) is 1.26. The van der Waals surface area contributed by atoms with Crippen LogP contribution in [0.15, 0.2) is 42.7 Å². The zero-order valence-electron chi connectivity index (χ0n) is 9.25. The molecule has 2 heterocycles. The van der Waals surface area contributed by atoms with E-state index < -0.39 is 0 Å². The van der Waals surface area contributed by atoms with Crippen LogP contribution in [0.1, 0.15) is 10.4 Å². The van der Waals surface area contributed by atoms with Gasteiger partial charge in [0.05, 0.1) is 12.7 Å². The summed E-state index contributed by atoms with van der Waals surface area (Å²) in [5, 5.41) is 2.66. The van der Waals surface area contributed by atoms with Crippen molar-refractivity contribution in [2.75, 3.05) is 12.4 Å². The predicted molar refractivity (Wildman–Crippen MR) is 63.0 cm³/mol. The third kappa shape index (κ3) is 2.78. The van der Waals surface area contributed by atoms with E-state index in [0.717, 1.165) is 0 Å². The normalized spacial score (nSPS) is 9.71. The van der Waals surface area contributed by atoms with E-state index in [0.29, 0.717) is 17.3 Å². The number of aromatic nitrogens is 2. The Balaban J connectivity index is 2.09. The molecule has 86 valence electrons. The van der Waals surface area contributed by atoms with E-state index in [1.807, 2.05) is 0 Å². The predicted octanol–water partition coefficient (Wildman–Crippen LogP) is 1.74. The van der Waals surface area contributed by atoms with Crippen LogP contribution in [0, 0.1) is 0 Å². The van der Waals surface area contributed by atoms with Gasteiger partial charge in [-0.1, -0.05) is 6.07 Å². The Hall–Kier alpha value is -2.43. The first-order chi connectivity index (χ1) is 8.29. The minimum absolute atomic E-state index is 0.251. The average molecular weight is 229 g/mol. The molecule has 2 rings (SSSR count). The van der Waals surface area contributed by atoms with Crippen molar-refractivity contribution < 1.29 is 9.53 Å². The summed E-state index contributed by atoms with van der Waals surface area (Å²) in [6.45, 7) is 0. The molecule has 0 saturated carbocycles. The van der Waals surface area contributed by atoms with E-state index in [-0.39, 0.29) is 5.91 Å². The summed E-state index contributed by atoms with van der Waals surface area (Å²) in [5.74, 6) is 0.728. The molecule has 0 aliphatic heterocycles. The molecule has 2 aromatic heterocycles. The largest absolute Gasteiger partial charge is 0.481 e. The molecule has 0 radical (unpaired) electrons. The van der Waals surface area contributed by atoms with Gasteiger partial charge in [0.1, 0.15) is 5.82 Å². The Morgan fingerprint density at radius 3 is 2.71 bits per heavy atom. The van der Waals surface area contributed by atoms with Crippen molar-refractivity contribution in [3.63, 3.8) is 0 Å². The Morgan fingerprint density at radius 2 is 2.12 bits per heavy atom. The van der Waals surface area contributed by atoms with Crippen molar-refractivity contribution in [2.45, 2.75) is 0 Å². The topological polar surface area (TPSA) is 64.1 Å². The van der Waals surface area contributed by atoms with E-state index in [1.54, 1.807) is 36.5 Å². The maximum absolute atomic E-state index is 11.8. The van der Waals surface area contributed by atoms with Crippen molar-refractivity contribution >= 4 is 11.7 Å². The van der Waals surface area contributed by atoms with Gasteiger partial charge in [-0.2, -0.15) is 0 Å². The molecule has 0 unspecified atom stereocenters. The van der Waals surface area contributed by atoms with E-state index >= 15 is 0 Å². The number of ether oxygens (including phenoxy) is 1. The van der Waals surface area contributed by atoms with Crippen molar-refractivity contribution in [1.82, 2.24) is 9.97 Å². The van der Waals surface area contributed by atoms with Crippen molar-refractivity contribution in [3.8, 4) is 5.88 Å². The van der Waals surface area contributed by atoms with Crippen LogP contribution >= 0.6 is 0 Å². The summed E-state index contributed by atoms with van der Waals surface area (Å²) in [6, 6.07) is 8.58. The lowest BCUT2D eigenvalue weighted by molar-refractivity contribution is 0.102. The molecule has 0 aliphatic carbocycles. The van der Waals surface area contributed by atoms with Gasteiger partial charge in [0.2, 0.25) is 5.88 Å². The van der Waals surface area contributed by atoms with Gasteiger partial charge in [0.15, 0.2) is 0 Å². The number of methoxy groups -OCH3 is 1. The number of anilines is 1. The first-order valence-corrected chi connectivity index (χ1v) is 5.02. The number of carbonyl (C=O) groups is 1. The average Bonchev–Trinajstić information content (AvgIpc) is 2.40. The maximum atomic E-state index is 11.8. The smallest absolute Gasteiger partial charge is 0.258 e. The molecule has 0 atom stereocenters. The summed E-state index contributed by atoms with van der Waals surface area (Å²) >= 11 is 0. The van der Waals surface area contributed by atoms with Crippen molar-refractivity contribution in [3.05, 3.63) is 48.3 Å². The first-order valence-electron chi connectivity index (χ1n) is 5.02. The number of amides is 1. The molecule has 0 fully saturated rings. The van der Waals surface area contributed by atoms with Gasteiger partial charge in [0.25, 0.3) is 5.91 Å². The number of rotatable bonds is 3. The number of nitrogens with zero attached hydrogens (tertiary/aromatic N) is 2. The zero-order valence-corrected chi connectivity index (χ0v) is 9.25. The summed E-state index contributed by atoms with van der Waals surface area (Å²) < 4.78 is 4.91. The zero-order chi connectivity index (χ0) is 12.1. The molecular weight excluding hydrogens is 218 g/mol. The quantitative estimate of drug-likeness (QED) is 0.870. The molecule has 5 heteroatoms. The molecule has 0 saturated heterocycles. The van der Waals surface area contributed by atoms with Gasteiger partial charge in [-0.25, -0.2) is 9.97 Å². The SMILES string of the molecule is COc1ccc(C(=O)Nc2ccccn2)cn1. The van der Waals surface area contributed by atoms with Gasteiger partial charge in [0, 0.05) is 18.5 Å². The molecule has 5 nitrogen and oxygen atoms in total. The fraction of sp³-hybridized carbons (Fsp3) is 0.0833. The summed E-state index contributed by atoms with van der Waals surface area (Å²) in [4.78, 5) is 19.7. The highest BCUT2D eigenvalue weighted by molar-refractivity contribution is 6.03. The number of nitrogens with one attached hydrogen (secondary N) is 1. The number of hydrogen-bond acceptors (Lipinski definition) is 4. The van der Waals surface area contributed by atoms with Crippen molar-refractivity contribution in [2.24, 2.45) is 0 Å². The van der Waals surface area contributed by atoms with Crippen LogP contribution in [0.4, 0.5) is 5.82 Å². The first kappa shape index (κ1) is 11.1. The minimum Gasteiger partial charge on any atom is -0.481 e. The Morgan fingerprint density at radius 1 is 1.24 bits per heavy atom. The van der Waals surface area contributed by atoms with Crippen LogP contribution < -0.4 is 10.1 Å². The number of hydrogen-bond donors (Lipinski definition) is 1. The van der Waals surface area contributed by atoms with E-state index in [1.165, 1.54) is 13.3 Å². The highest BCUT2D eigenvalue weighted by Crippen LogP contribution is 2.08. The van der Waals surface area contributed by atoms with E-state index in [9.17, 15) is 4.79 Å². The summed E-state index contributed by atoms with van der Waals surface area (Å²) in [5.41, 5.74) is 0.455. The van der Waals surface area contributed by atoms with Crippen LogP contribution in [0.2, 0.25) is 0 Å². The van der Waals surface area contributed by atoms with E-state index in [4.69, 9.17) is 4.74 Å². The number of carbonyl (C=O) groups excluding carboxylic acids is 1. The minimum atomic E-state index is -0.251. The molecule has 0 bridgehead atoms. The Labute approximate surface area is 98.5 Å². The van der Waals surface area contributed by atoms with Gasteiger partial charge in [-0.15, -0.1) is 0 Å². The molecule has 1 amide bonds. The van der Waals surface area contributed by atoms with Crippen LogP contribution in [0.5, 0.6) is 5.88 Å². The standard InChI is InChI=1S/C12H11N3O2/c1-17-11-6-5-9(8-14-11)12(16)15-10-4-2-3-7-13-10/h2-8H,1H3,(H,13,15,16). The second-order valence-electron chi connectivity index (χ2n) is 3.26. The summed E-state index contributed by atoms with van der Waals surface area (Å²) in [6.07, 6.45) is 3.07. The van der Waals surface area contributed by atoms with Crippen LogP contribution in [-0.4, -0.2) is 23.0 Å². The van der Waals surface area contributed by atoms with Gasteiger partial charge < -0.3 is 10.1 Å². The molecule has 0 aromatic carbocycles. The molecule has 2 aromatic rings. The lowest BCUT2D eigenvalue weighted by Gasteiger charge is -2.04. The molecule has 17 heavy (non-hydrogen) atoms. The molecule has 0 spiro atoms. The van der Waals surface area contributed by atoms with Gasteiger partial charge in [-0.3, -0.25) is 4.79 Å². The lowest BCUT2D eigenvalue weighted by Crippen LogP contribution is -2.13. The van der Waals surface area contributed by atoms with Crippen LogP contribution in [-0.2, 0) is 0 Å². The third-order valence-electron chi connectivity index (χ3n) is 2.11. The van der Waals surface area contributed by atoms with Gasteiger partial charge in [-0.05, 0) is 18.2 Å². The fourth-order valence-corrected chi connectivity index (χ4v) is 1.26. The maximum Gasteiger partial charge on any atom is 0.258 e. The second kappa shape index (κ2) is 5.07. The lowest BCUT2D eigenvalue weighted by atomic mass is 10.2. The van der Waals surface area contributed by atoms with E-state index in [2.05, 4.69) is 15.3 Å². The van der Waals surface area contributed by atoms with Crippen molar-refractivity contribution in [1.29, 1.82) is 0 Å². The second-order valence-corrected chi connectivity index (χ2v) is 3.26. The van der Waals surface area contributed by atoms with Crippen LogP contribution in [0.3, 0.4) is 0 Å². The Kier molecular flexibility index (Phi) is 3.30. The highest BCUT2D eigenvalue weighted by atomic mass is 16.5. The highest BCUT2D eigenvalue weighted by Gasteiger charge is 2.06. The summed E-state index contributed by atoms with van der Waals surface area (Å²) in [7, 11) is 1.52. The Bertz CT molecular complexity index is 497. The van der Waals surface area contributed by atoms with Gasteiger partial charge >= 0.3 is 0 Å². The molecule has 0 aliphatic rings. The third-order valence-corrected chi connectivity index (χ3v) is 2.11. The number of pyridine rings is 2. The monoisotopic (exact) mass is 229 g/mol.